The first-order chi connectivity index (χ1) is 10.6. The van der Waals surface area contributed by atoms with Gasteiger partial charge in [-0.3, -0.25) is 9.69 Å². The molecule has 0 radical (unpaired) electrons. The van der Waals surface area contributed by atoms with E-state index in [4.69, 9.17) is 14.2 Å². The van der Waals surface area contributed by atoms with E-state index in [1.54, 1.807) is 14.2 Å². The smallest absolute Gasteiger partial charge is 0.237 e. The molecule has 6 nitrogen and oxygen atoms in total. The summed E-state index contributed by atoms with van der Waals surface area (Å²) in [5.41, 5.74) is 0. The normalized spacial score (nSPS) is 12.0. The van der Waals surface area contributed by atoms with Crippen molar-refractivity contribution in [2.24, 2.45) is 0 Å². The molecule has 0 aromatic heterocycles. The van der Waals surface area contributed by atoms with Gasteiger partial charge in [-0.15, -0.1) is 0 Å². The lowest BCUT2D eigenvalue weighted by Gasteiger charge is -2.23. The first-order valence-corrected chi connectivity index (χ1v) is 7.32. The van der Waals surface area contributed by atoms with Crippen molar-refractivity contribution in [3.63, 3.8) is 0 Å². The van der Waals surface area contributed by atoms with Gasteiger partial charge in [-0.1, -0.05) is 0 Å². The Morgan fingerprint density at radius 1 is 1.18 bits per heavy atom. The van der Waals surface area contributed by atoms with Crippen molar-refractivity contribution in [3.05, 3.63) is 24.3 Å². The molecule has 0 aliphatic rings. The predicted octanol–water partition coefficient (Wildman–Crippen LogP) is 1.16. The van der Waals surface area contributed by atoms with Crippen LogP contribution in [0.5, 0.6) is 11.5 Å². The third-order valence-electron chi connectivity index (χ3n) is 3.42. The second kappa shape index (κ2) is 10.0. The molecule has 1 amide bonds. The van der Waals surface area contributed by atoms with Crippen LogP contribution in [-0.4, -0.2) is 64.4 Å². The number of amides is 1. The van der Waals surface area contributed by atoms with Crippen molar-refractivity contribution in [1.29, 1.82) is 0 Å². The average molecular weight is 310 g/mol. The number of hydrogen-bond acceptors (Lipinski definition) is 5. The van der Waals surface area contributed by atoms with E-state index in [1.807, 2.05) is 43.1 Å². The fourth-order valence-corrected chi connectivity index (χ4v) is 1.80. The number of rotatable bonds is 10. The Bertz CT molecular complexity index is 436. The van der Waals surface area contributed by atoms with Crippen LogP contribution < -0.4 is 14.8 Å². The van der Waals surface area contributed by atoms with Crippen LogP contribution in [0.15, 0.2) is 24.3 Å². The van der Waals surface area contributed by atoms with Gasteiger partial charge in [0.1, 0.15) is 18.1 Å². The second-order valence-electron chi connectivity index (χ2n) is 4.96. The Labute approximate surface area is 132 Å². The first kappa shape index (κ1) is 18.3. The number of nitrogens with one attached hydrogen (secondary N) is 1. The lowest BCUT2D eigenvalue weighted by atomic mass is 10.3. The van der Waals surface area contributed by atoms with E-state index in [1.165, 1.54) is 0 Å². The van der Waals surface area contributed by atoms with Crippen molar-refractivity contribution in [1.82, 2.24) is 10.2 Å². The van der Waals surface area contributed by atoms with E-state index >= 15 is 0 Å². The van der Waals surface area contributed by atoms with Crippen LogP contribution in [0.1, 0.15) is 6.92 Å². The highest BCUT2D eigenvalue weighted by molar-refractivity contribution is 5.81. The zero-order valence-corrected chi connectivity index (χ0v) is 13.8. The number of hydrogen-bond donors (Lipinski definition) is 1. The molecule has 1 aromatic carbocycles. The van der Waals surface area contributed by atoms with Crippen LogP contribution in [0.2, 0.25) is 0 Å². The zero-order valence-electron chi connectivity index (χ0n) is 13.8. The van der Waals surface area contributed by atoms with Gasteiger partial charge in [0, 0.05) is 20.2 Å². The van der Waals surface area contributed by atoms with Gasteiger partial charge >= 0.3 is 0 Å². The highest BCUT2D eigenvalue weighted by Gasteiger charge is 2.17. The van der Waals surface area contributed by atoms with E-state index in [-0.39, 0.29) is 11.9 Å². The van der Waals surface area contributed by atoms with Gasteiger partial charge in [-0.2, -0.15) is 0 Å². The molecule has 0 spiro atoms. The summed E-state index contributed by atoms with van der Waals surface area (Å²) in [4.78, 5) is 13.9. The minimum absolute atomic E-state index is 0.0102. The largest absolute Gasteiger partial charge is 0.497 e. The molecule has 0 saturated heterocycles. The summed E-state index contributed by atoms with van der Waals surface area (Å²) < 4.78 is 15.7. The first-order valence-electron chi connectivity index (χ1n) is 7.32. The summed E-state index contributed by atoms with van der Waals surface area (Å²) in [5.74, 6) is 1.57. The molecular weight excluding hydrogens is 284 g/mol. The minimum atomic E-state index is -0.212. The Balaban J connectivity index is 2.28. The van der Waals surface area contributed by atoms with Gasteiger partial charge in [-0.05, 0) is 38.2 Å². The number of benzene rings is 1. The maximum atomic E-state index is 11.9. The monoisotopic (exact) mass is 310 g/mol. The lowest BCUT2D eigenvalue weighted by Crippen LogP contribution is -2.45. The fraction of sp³-hybridized carbons (Fsp3) is 0.562. The molecule has 1 rings (SSSR count). The minimum Gasteiger partial charge on any atom is -0.497 e. The van der Waals surface area contributed by atoms with Crippen LogP contribution in [0, 0.1) is 0 Å². The van der Waals surface area contributed by atoms with Crippen LogP contribution in [0.3, 0.4) is 0 Å². The summed E-state index contributed by atoms with van der Waals surface area (Å²) in [5, 5.41) is 2.82. The molecule has 0 heterocycles. The molecule has 1 atom stereocenters. The van der Waals surface area contributed by atoms with Crippen molar-refractivity contribution in [3.8, 4) is 11.5 Å². The van der Waals surface area contributed by atoms with Gasteiger partial charge in [-0.25, -0.2) is 0 Å². The van der Waals surface area contributed by atoms with Gasteiger partial charge in [0.05, 0.1) is 19.8 Å². The number of carbonyl (C=O) groups excluding carboxylic acids is 1. The maximum Gasteiger partial charge on any atom is 0.237 e. The highest BCUT2D eigenvalue weighted by atomic mass is 16.5. The molecular formula is C16H26N2O4. The van der Waals surface area contributed by atoms with Crippen LogP contribution in [-0.2, 0) is 9.53 Å². The molecule has 0 bridgehead atoms. The number of methoxy groups -OCH3 is 2. The standard InChI is InChI=1S/C16H26N2O4/c1-13(16(19)17-9-11-20-3)18(2)10-12-22-15-7-5-14(21-4)6-8-15/h5-8,13H,9-12H2,1-4H3,(H,17,19). The van der Waals surface area contributed by atoms with Gasteiger partial charge in [0.15, 0.2) is 0 Å². The van der Waals surface area contributed by atoms with Crippen molar-refractivity contribution >= 4 is 5.91 Å². The summed E-state index contributed by atoms with van der Waals surface area (Å²) in [6.07, 6.45) is 0. The summed E-state index contributed by atoms with van der Waals surface area (Å²) >= 11 is 0. The third kappa shape index (κ3) is 6.32. The topological polar surface area (TPSA) is 60.0 Å². The molecule has 1 aromatic rings. The lowest BCUT2D eigenvalue weighted by molar-refractivity contribution is -0.125. The van der Waals surface area contributed by atoms with Crippen molar-refractivity contribution in [2.75, 3.05) is 47.6 Å². The van der Waals surface area contributed by atoms with Crippen LogP contribution >= 0.6 is 0 Å². The average Bonchev–Trinajstić information content (AvgIpc) is 2.54. The van der Waals surface area contributed by atoms with E-state index in [2.05, 4.69) is 5.32 Å². The van der Waals surface area contributed by atoms with Crippen LogP contribution in [0.4, 0.5) is 0 Å². The molecule has 0 saturated carbocycles. The van der Waals surface area contributed by atoms with E-state index in [0.717, 1.165) is 11.5 Å². The van der Waals surface area contributed by atoms with Crippen LogP contribution in [0.25, 0.3) is 0 Å². The molecule has 0 fully saturated rings. The quantitative estimate of drug-likeness (QED) is 0.657. The molecule has 6 heteroatoms. The fourth-order valence-electron chi connectivity index (χ4n) is 1.80. The second-order valence-corrected chi connectivity index (χ2v) is 4.96. The summed E-state index contributed by atoms with van der Waals surface area (Å²) in [7, 11) is 5.14. The molecule has 0 aliphatic carbocycles. The Morgan fingerprint density at radius 2 is 1.82 bits per heavy atom. The number of nitrogens with zero attached hydrogens (tertiary/aromatic N) is 1. The van der Waals surface area contributed by atoms with Gasteiger partial charge in [0.2, 0.25) is 5.91 Å². The number of carbonyl (C=O) groups is 1. The Kier molecular flexibility index (Phi) is 8.32. The zero-order chi connectivity index (χ0) is 16.4. The molecule has 22 heavy (non-hydrogen) atoms. The Hall–Kier alpha value is -1.79. The Morgan fingerprint density at radius 3 is 2.41 bits per heavy atom. The van der Waals surface area contributed by atoms with Crippen molar-refractivity contribution < 1.29 is 19.0 Å². The van der Waals surface area contributed by atoms with E-state index in [9.17, 15) is 4.79 Å². The molecule has 124 valence electrons. The highest BCUT2D eigenvalue weighted by Crippen LogP contribution is 2.16. The summed E-state index contributed by atoms with van der Waals surface area (Å²) in [6.45, 7) is 4.08. The van der Waals surface area contributed by atoms with E-state index < -0.39 is 0 Å². The van der Waals surface area contributed by atoms with Gasteiger partial charge in [0.25, 0.3) is 0 Å². The molecule has 0 aliphatic heterocycles. The molecule has 1 N–H and O–H groups in total. The van der Waals surface area contributed by atoms with Gasteiger partial charge < -0.3 is 19.5 Å². The predicted molar refractivity (Wildman–Crippen MR) is 85.5 cm³/mol. The molecule has 1 unspecified atom stereocenters. The van der Waals surface area contributed by atoms with E-state index in [0.29, 0.717) is 26.3 Å². The number of likely N-dealkylation sites (N-methyl/N-ethyl adjacent to an activating group) is 1. The number of ether oxygens (including phenoxy) is 3. The third-order valence-corrected chi connectivity index (χ3v) is 3.42. The van der Waals surface area contributed by atoms with Crippen molar-refractivity contribution in [2.45, 2.75) is 13.0 Å². The summed E-state index contributed by atoms with van der Waals surface area (Å²) in [6, 6.07) is 7.21. The maximum absolute atomic E-state index is 11.9. The SMILES string of the molecule is COCCNC(=O)C(C)N(C)CCOc1ccc(OC)cc1.